The van der Waals surface area contributed by atoms with Gasteiger partial charge in [-0.3, -0.25) is 4.79 Å². The van der Waals surface area contributed by atoms with E-state index in [1.54, 1.807) is 0 Å². The molecule has 1 aliphatic heterocycles. The molecule has 0 unspecified atom stereocenters. The van der Waals surface area contributed by atoms with Gasteiger partial charge in [-0.2, -0.15) is 0 Å². The van der Waals surface area contributed by atoms with Crippen molar-refractivity contribution in [3.05, 3.63) is 58.4 Å². The van der Waals surface area contributed by atoms with E-state index in [9.17, 15) is 4.79 Å². The lowest BCUT2D eigenvalue weighted by molar-refractivity contribution is 0.0578. The summed E-state index contributed by atoms with van der Waals surface area (Å²) in [7, 11) is 1.95. The van der Waals surface area contributed by atoms with E-state index in [-0.39, 0.29) is 24.7 Å². The second kappa shape index (κ2) is 6.59. The van der Waals surface area contributed by atoms with Crippen LogP contribution in [0, 0.1) is 6.92 Å². The maximum atomic E-state index is 12.8. The molecule has 2 heterocycles. The van der Waals surface area contributed by atoms with Crippen LogP contribution in [0.5, 0.6) is 5.75 Å². The van der Waals surface area contributed by atoms with Gasteiger partial charge in [-0.05, 0) is 37.0 Å². The lowest BCUT2D eigenvalue weighted by atomic mass is 9.86. The zero-order chi connectivity index (χ0) is 20.2. The monoisotopic (exact) mass is 391 g/mol. The minimum atomic E-state index is -0.269. The smallest absolute Gasteiger partial charge is 0.251 e. The third kappa shape index (κ3) is 2.82. The molecular weight excluding hydrogens is 366 g/mol. The Bertz CT molecular complexity index is 1110. The largest absolute Gasteiger partial charge is 0.484 e. The van der Waals surface area contributed by atoms with Crippen LogP contribution in [0.25, 0.3) is 11.0 Å². The summed E-state index contributed by atoms with van der Waals surface area (Å²) in [4.78, 5) is 17.6. The van der Waals surface area contributed by atoms with Crippen molar-refractivity contribution in [1.29, 1.82) is 0 Å². The van der Waals surface area contributed by atoms with Crippen LogP contribution in [0.3, 0.4) is 0 Å². The van der Waals surface area contributed by atoms with Gasteiger partial charge in [-0.25, -0.2) is 4.98 Å². The van der Waals surface area contributed by atoms with Gasteiger partial charge in [-0.15, -0.1) is 0 Å². The Morgan fingerprint density at radius 1 is 1.31 bits per heavy atom. The summed E-state index contributed by atoms with van der Waals surface area (Å²) in [6.07, 6.45) is 3.41. The molecule has 1 amide bonds. The van der Waals surface area contributed by atoms with Crippen molar-refractivity contribution in [1.82, 2.24) is 14.9 Å². The highest BCUT2D eigenvalue weighted by atomic mass is 16.5. The Hall–Kier alpha value is -2.86. The number of nitrogens with zero attached hydrogens (tertiary/aromatic N) is 2. The summed E-state index contributed by atoms with van der Waals surface area (Å²) in [6.45, 7) is 2.11. The number of benzene rings is 2. The Morgan fingerprint density at radius 2 is 2.03 bits per heavy atom. The topological polar surface area (TPSA) is 76.4 Å². The fourth-order valence-electron chi connectivity index (χ4n) is 4.80. The molecule has 6 heteroatoms. The molecule has 3 aromatic rings. The number of nitrogens with one attached hydrogen (secondary N) is 1. The van der Waals surface area contributed by atoms with E-state index < -0.39 is 0 Å². The molecule has 1 spiro atoms. The Labute approximate surface area is 169 Å². The molecule has 5 rings (SSSR count). The van der Waals surface area contributed by atoms with Crippen molar-refractivity contribution < 1.29 is 14.6 Å². The fraction of sp³-hybridized carbons (Fsp3) is 0.391. The first-order valence-electron chi connectivity index (χ1n) is 10.1. The highest BCUT2D eigenvalue weighted by Gasteiger charge is 2.43. The number of carbonyl (C=O) groups is 1. The molecule has 2 N–H and O–H groups in total. The van der Waals surface area contributed by atoms with Crippen molar-refractivity contribution in [3.8, 4) is 5.75 Å². The van der Waals surface area contributed by atoms with E-state index in [1.165, 1.54) is 11.1 Å². The van der Waals surface area contributed by atoms with Crippen LogP contribution < -0.4 is 10.1 Å². The van der Waals surface area contributed by atoms with Gasteiger partial charge in [0.05, 0.1) is 12.1 Å². The number of ether oxygens (including phenoxy) is 1. The molecule has 0 radical (unpaired) electrons. The van der Waals surface area contributed by atoms with Crippen LogP contribution in [0.1, 0.15) is 39.3 Å². The molecule has 1 aromatic heterocycles. The summed E-state index contributed by atoms with van der Waals surface area (Å²) in [5.74, 6) is 1.46. The van der Waals surface area contributed by atoms with Gasteiger partial charge in [0.2, 0.25) is 0 Å². The molecule has 6 nitrogen and oxygen atoms in total. The fourth-order valence-corrected chi connectivity index (χ4v) is 4.80. The summed E-state index contributed by atoms with van der Waals surface area (Å²) < 4.78 is 8.73. The van der Waals surface area contributed by atoms with Crippen LogP contribution >= 0.6 is 0 Å². The second-order valence-electron chi connectivity index (χ2n) is 8.20. The minimum absolute atomic E-state index is 0.0845. The predicted octanol–water partition coefficient (Wildman–Crippen LogP) is 2.47. The molecule has 150 valence electrons. The van der Waals surface area contributed by atoms with Crippen LogP contribution in [0.2, 0.25) is 0 Å². The highest BCUT2D eigenvalue weighted by Crippen LogP contribution is 2.45. The predicted molar refractivity (Wildman–Crippen MR) is 110 cm³/mol. The number of aliphatic hydroxyl groups excluding tert-OH is 1. The van der Waals surface area contributed by atoms with Gasteiger partial charge in [0.15, 0.2) is 5.75 Å². The van der Waals surface area contributed by atoms with Gasteiger partial charge in [0.25, 0.3) is 5.91 Å². The third-order valence-electron chi connectivity index (χ3n) is 6.39. The first-order valence-corrected chi connectivity index (χ1v) is 10.1. The number of aromatic nitrogens is 2. The quantitative estimate of drug-likeness (QED) is 0.719. The number of hydrogen-bond donors (Lipinski definition) is 2. The van der Waals surface area contributed by atoms with Gasteiger partial charge < -0.3 is 19.7 Å². The minimum Gasteiger partial charge on any atom is -0.484 e. The molecule has 0 saturated heterocycles. The number of hydrogen-bond acceptors (Lipinski definition) is 4. The zero-order valence-electron chi connectivity index (χ0n) is 16.8. The highest BCUT2D eigenvalue weighted by molar-refractivity contribution is 6.01. The molecular formula is C23H25N3O3. The molecule has 0 saturated carbocycles. The summed E-state index contributed by atoms with van der Waals surface area (Å²) in [6, 6.07) is 10.4. The third-order valence-corrected chi connectivity index (χ3v) is 6.39. The number of fused-ring (bicyclic) bond motifs is 4. The zero-order valence-corrected chi connectivity index (χ0v) is 16.8. The average molecular weight is 391 g/mol. The van der Waals surface area contributed by atoms with E-state index in [0.29, 0.717) is 5.56 Å². The van der Waals surface area contributed by atoms with E-state index >= 15 is 0 Å². The van der Waals surface area contributed by atoms with Crippen molar-refractivity contribution in [2.24, 2.45) is 7.05 Å². The van der Waals surface area contributed by atoms with Crippen LogP contribution in [-0.2, 0) is 26.3 Å². The molecule has 0 atom stereocenters. The van der Waals surface area contributed by atoms with E-state index in [1.807, 2.05) is 24.6 Å². The number of aryl methyl sites for hydroxylation is 2. The lowest BCUT2D eigenvalue weighted by Gasteiger charge is -2.36. The van der Waals surface area contributed by atoms with E-state index in [4.69, 9.17) is 14.8 Å². The number of carbonyl (C=O) groups excluding carboxylic acids is 1. The summed E-state index contributed by atoms with van der Waals surface area (Å²) in [5, 5.41) is 11.9. The van der Waals surface area contributed by atoms with Crippen LogP contribution in [-0.4, -0.2) is 39.3 Å². The maximum absolute atomic E-state index is 12.8. The first kappa shape index (κ1) is 18.2. The average Bonchev–Trinajstić information content (AvgIpc) is 3.22. The number of amides is 1. The lowest BCUT2D eigenvalue weighted by Crippen LogP contribution is -2.41. The van der Waals surface area contributed by atoms with Crippen LogP contribution in [0.15, 0.2) is 30.3 Å². The summed E-state index contributed by atoms with van der Waals surface area (Å²) in [5.41, 5.74) is 5.69. The van der Waals surface area contributed by atoms with Gasteiger partial charge in [0, 0.05) is 37.6 Å². The number of imidazole rings is 1. The van der Waals surface area contributed by atoms with E-state index in [0.717, 1.165) is 53.9 Å². The molecule has 1 aliphatic carbocycles. The van der Waals surface area contributed by atoms with Crippen molar-refractivity contribution in [2.75, 3.05) is 13.2 Å². The van der Waals surface area contributed by atoms with Gasteiger partial charge in [0.1, 0.15) is 16.9 Å². The second-order valence-corrected chi connectivity index (χ2v) is 8.20. The van der Waals surface area contributed by atoms with Gasteiger partial charge in [-0.1, -0.05) is 24.3 Å². The standard InChI is InChI=1S/C23H25N3O3/c1-14-25-20-19(26(14)2)11-18(22(28)24-9-10-27)17-7-8-23(29-21(17)20)12-15-5-3-4-6-16(15)13-23/h3-6,11,27H,7-10,12-13H2,1-2H3,(H,24,28). The Balaban J connectivity index is 1.62. The SMILES string of the molecule is Cc1nc2c3c(c(C(=O)NCCO)cc2n1C)CCC1(Cc2ccccc2C1)O3. The molecule has 2 aromatic carbocycles. The normalized spacial score (nSPS) is 16.5. The molecule has 0 bridgehead atoms. The first-order chi connectivity index (χ1) is 14.0. The Kier molecular flexibility index (Phi) is 4.13. The van der Waals surface area contributed by atoms with E-state index in [2.05, 4.69) is 29.6 Å². The van der Waals surface area contributed by atoms with Crippen molar-refractivity contribution in [2.45, 2.75) is 38.2 Å². The number of rotatable bonds is 3. The molecule has 29 heavy (non-hydrogen) atoms. The van der Waals surface area contributed by atoms with Crippen LogP contribution in [0.4, 0.5) is 0 Å². The molecule has 0 fully saturated rings. The number of aliphatic hydroxyl groups is 1. The molecule has 2 aliphatic rings. The van der Waals surface area contributed by atoms with Gasteiger partial charge >= 0.3 is 0 Å². The van der Waals surface area contributed by atoms with Crippen molar-refractivity contribution >= 4 is 16.9 Å². The summed E-state index contributed by atoms with van der Waals surface area (Å²) >= 11 is 0. The Morgan fingerprint density at radius 3 is 2.72 bits per heavy atom. The van der Waals surface area contributed by atoms with Crippen molar-refractivity contribution in [3.63, 3.8) is 0 Å². The maximum Gasteiger partial charge on any atom is 0.251 e.